The van der Waals surface area contributed by atoms with Crippen LogP contribution in [0.25, 0.3) is 6.08 Å². The Balaban J connectivity index is 1.11. The Morgan fingerprint density at radius 2 is 1.59 bits per heavy atom. The molecule has 2 aromatic carbocycles. The molecule has 1 aliphatic rings. The number of hydrogen-bond acceptors (Lipinski definition) is 3. The normalized spacial score (nSPS) is 15.1. The Labute approximate surface area is 222 Å². The van der Waals surface area contributed by atoms with Gasteiger partial charge in [-0.3, -0.25) is 14.7 Å². The first-order chi connectivity index (χ1) is 18.3. The zero-order chi connectivity index (χ0) is 25.5. The molecule has 4 heteroatoms. The van der Waals surface area contributed by atoms with Gasteiger partial charge in [-0.05, 0) is 61.0 Å². The molecule has 0 aliphatic carbocycles. The predicted molar refractivity (Wildman–Crippen MR) is 153 cm³/mol. The summed E-state index contributed by atoms with van der Waals surface area (Å²) in [6.45, 7) is 3.04. The number of piperidine rings is 1. The summed E-state index contributed by atoms with van der Waals surface area (Å²) < 4.78 is 0. The molecule has 1 fully saturated rings. The van der Waals surface area contributed by atoms with Crippen molar-refractivity contribution in [3.8, 4) is 0 Å². The summed E-state index contributed by atoms with van der Waals surface area (Å²) in [6.07, 6.45) is 18.0. The van der Waals surface area contributed by atoms with Gasteiger partial charge in [0, 0.05) is 25.0 Å². The van der Waals surface area contributed by atoms with Crippen LogP contribution in [0.5, 0.6) is 0 Å². The molecule has 1 saturated heterocycles. The number of benzene rings is 2. The fourth-order valence-electron chi connectivity index (χ4n) is 5.17. The maximum absolute atomic E-state index is 12.0. The Hall–Kier alpha value is -3.50. The molecule has 1 aromatic heterocycles. The fraction of sp³-hybridized carbons (Fsp3) is 0.333. The number of nitrogens with one attached hydrogen (secondary N) is 1. The summed E-state index contributed by atoms with van der Waals surface area (Å²) in [5, 5.41) is 2.99. The Kier molecular flexibility index (Phi) is 10.7. The molecule has 0 saturated carbocycles. The largest absolute Gasteiger partial charge is 0.353 e. The lowest BCUT2D eigenvalue weighted by atomic mass is 9.88. The summed E-state index contributed by atoms with van der Waals surface area (Å²) in [4.78, 5) is 18.7. The highest BCUT2D eigenvalue weighted by Crippen LogP contribution is 2.33. The van der Waals surface area contributed by atoms with Gasteiger partial charge < -0.3 is 5.32 Å². The smallest absolute Gasteiger partial charge is 0.243 e. The number of unbranched alkanes of at least 4 members (excludes halogenated alkanes) is 2. The van der Waals surface area contributed by atoms with E-state index in [4.69, 9.17) is 0 Å². The van der Waals surface area contributed by atoms with Crippen molar-refractivity contribution in [2.75, 3.05) is 19.6 Å². The molecule has 2 heterocycles. The van der Waals surface area contributed by atoms with Crippen LogP contribution in [-0.2, 0) is 4.79 Å². The van der Waals surface area contributed by atoms with Crippen molar-refractivity contribution in [3.05, 3.63) is 120 Å². The SMILES string of the molecule is O=C(/C=C/C=C/c1cccnc1)NCCCCCC1CCN(C(c2ccccc2)c2ccccc2)CC1. The molecule has 0 atom stereocenters. The van der Waals surface area contributed by atoms with Crippen molar-refractivity contribution in [2.45, 2.75) is 44.6 Å². The van der Waals surface area contributed by atoms with Gasteiger partial charge in [-0.1, -0.05) is 104 Å². The minimum absolute atomic E-state index is 0.0328. The molecule has 3 aromatic rings. The number of likely N-dealkylation sites (tertiary alicyclic amines) is 1. The zero-order valence-electron chi connectivity index (χ0n) is 21.7. The second-order valence-corrected chi connectivity index (χ2v) is 9.85. The van der Waals surface area contributed by atoms with Crippen LogP contribution in [0.2, 0.25) is 0 Å². The average Bonchev–Trinajstić information content (AvgIpc) is 2.96. The minimum atomic E-state index is -0.0328. The third kappa shape index (κ3) is 8.83. The first kappa shape index (κ1) is 26.6. The summed E-state index contributed by atoms with van der Waals surface area (Å²) in [6, 6.07) is 26.1. The molecule has 0 spiro atoms. The van der Waals surface area contributed by atoms with Crippen LogP contribution in [-0.4, -0.2) is 35.4 Å². The molecule has 1 amide bonds. The topological polar surface area (TPSA) is 45.2 Å². The Morgan fingerprint density at radius 3 is 2.24 bits per heavy atom. The summed E-state index contributed by atoms with van der Waals surface area (Å²) in [5.74, 6) is 0.780. The van der Waals surface area contributed by atoms with Crippen LogP contribution < -0.4 is 5.32 Å². The molecule has 1 N–H and O–H groups in total. The number of allylic oxidation sites excluding steroid dienone is 2. The maximum Gasteiger partial charge on any atom is 0.243 e. The Bertz CT molecular complexity index is 1060. The van der Waals surface area contributed by atoms with Gasteiger partial charge in [0.2, 0.25) is 5.91 Å². The second kappa shape index (κ2) is 14.9. The number of amides is 1. The summed E-state index contributed by atoms with van der Waals surface area (Å²) in [5.41, 5.74) is 3.78. The monoisotopic (exact) mass is 493 g/mol. The number of aromatic nitrogens is 1. The maximum atomic E-state index is 12.0. The van der Waals surface area contributed by atoms with Crippen molar-refractivity contribution < 1.29 is 4.79 Å². The van der Waals surface area contributed by atoms with Crippen LogP contribution >= 0.6 is 0 Å². The summed E-state index contributed by atoms with van der Waals surface area (Å²) >= 11 is 0. The number of carbonyl (C=O) groups excluding carboxylic acids is 1. The van der Waals surface area contributed by atoms with Gasteiger partial charge in [0.1, 0.15) is 0 Å². The fourth-order valence-corrected chi connectivity index (χ4v) is 5.17. The van der Waals surface area contributed by atoms with Crippen molar-refractivity contribution in [3.63, 3.8) is 0 Å². The lowest BCUT2D eigenvalue weighted by Crippen LogP contribution is -2.37. The first-order valence-electron chi connectivity index (χ1n) is 13.7. The van der Waals surface area contributed by atoms with Gasteiger partial charge in [-0.25, -0.2) is 0 Å². The van der Waals surface area contributed by atoms with Gasteiger partial charge in [0.15, 0.2) is 0 Å². The number of pyridine rings is 1. The van der Waals surface area contributed by atoms with Gasteiger partial charge >= 0.3 is 0 Å². The van der Waals surface area contributed by atoms with Gasteiger partial charge in [-0.2, -0.15) is 0 Å². The van der Waals surface area contributed by atoms with E-state index in [1.165, 1.54) is 43.2 Å². The van der Waals surface area contributed by atoms with E-state index in [0.717, 1.165) is 37.5 Å². The van der Waals surface area contributed by atoms with Crippen molar-refractivity contribution in [2.24, 2.45) is 5.92 Å². The average molecular weight is 494 g/mol. The van der Waals surface area contributed by atoms with E-state index in [9.17, 15) is 4.79 Å². The first-order valence-corrected chi connectivity index (χ1v) is 13.7. The third-order valence-electron chi connectivity index (χ3n) is 7.17. The predicted octanol–water partition coefficient (Wildman–Crippen LogP) is 6.83. The molecular formula is C33H39N3O. The van der Waals surface area contributed by atoms with E-state index >= 15 is 0 Å². The van der Waals surface area contributed by atoms with Gasteiger partial charge in [-0.15, -0.1) is 0 Å². The van der Waals surface area contributed by atoms with E-state index in [1.54, 1.807) is 24.5 Å². The van der Waals surface area contributed by atoms with Crippen molar-refractivity contribution in [1.82, 2.24) is 15.2 Å². The molecule has 1 aliphatic heterocycles. The van der Waals surface area contributed by atoms with Gasteiger partial charge in [0.05, 0.1) is 6.04 Å². The molecular weight excluding hydrogens is 454 g/mol. The van der Waals surface area contributed by atoms with Crippen LogP contribution in [0.1, 0.15) is 61.3 Å². The van der Waals surface area contributed by atoms with E-state index in [1.807, 2.05) is 24.3 Å². The van der Waals surface area contributed by atoms with E-state index < -0.39 is 0 Å². The number of nitrogens with zero attached hydrogens (tertiary/aromatic N) is 2. The molecule has 192 valence electrons. The number of carbonyl (C=O) groups is 1. The highest BCUT2D eigenvalue weighted by molar-refractivity contribution is 5.87. The van der Waals surface area contributed by atoms with Crippen LogP contribution in [0, 0.1) is 5.92 Å². The molecule has 4 rings (SSSR count). The van der Waals surface area contributed by atoms with Crippen LogP contribution in [0.4, 0.5) is 0 Å². The zero-order valence-corrected chi connectivity index (χ0v) is 21.7. The highest BCUT2D eigenvalue weighted by atomic mass is 16.1. The van der Waals surface area contributed by atoms with E-state index in [0.29, 0.717) is 6.04 Å². The molecule has 0 bridgehead atoms. The van der Waals surface area contributed by atoms with Crippen molar-refractivity contribution in [1.29, 1.82) is 0 Å². The van der Waals surface area contributed by atoms with E-state index in [-0.39, 0.29) is 5.91 Å². The molecule has 4 nitrogen and oxygen atoms in total. The van der Waals surface area contributed by atoms with Crippen LogP contribution in [0.3, 0.4) is 0 Å². The number of hydrogen-bond donors (Lipinski definition) is 1. The molecule has 0 unspecified atom stereocenters. The summed E-state index contributed by atoms with van der Waals surface area (Å²) in [7, 11) is 0. The molecule has 0 radical (unpaired) electrons. The lowest BCUT2D eigenvalue weighted by molar-refractivity contribution is -0.116. The van der Waals surface area contributed by atoms with Gasteiger partial charge in [0.25, 0.3) is 0 Å². The minimum Gasteiger partial charge on any atom is -0.353 e. The third-order valence-corrected chi connectivity index (χ3v) is 7.17. The van der Waals surface area contributed by atoms with E-state index in [2.05, 4.69) is 75.9 Å². The quantitative estimate of drug-likeness (QED) is 0.171. The highest BCUT2D eigenvalue weighted by Gasteiger charge is 2.27. The second-order valence-electron chi connectivity index (χ2n) is 9.85. The Morgan fingerprint density at radius 1 is 0.892 bits per heavy atom. The standard InChI is InChI=1S/C33H39N3O/c37-32(20-10-9-14-29-15-12-23-34-27-29)35-24-11-3-4-13-28-21-25-36(26-22-28)33(30-16-5-1-6-17-30)31-18-7-2-8-19-31/h1-2,5-10,12,14-20,23,27-28,33H,3-4,11,13,21-22,24-26H2,(H,35,37)/b14-9+,20-10+. The lowest BCUT2D eigenvalue weighted by Gasteiger charge is -2.38. The molecule has 37 heavy (non-hydrogen) atoms. The van der Waals surface area contributed by atoms with Crippen LogP contribution in [0.15, 0.2) is 103 Å². The number of rotatable bonds is 12. The van der Waals surface area contributed by atoms with Crippen molar-refractivity contribution >= 4 is 12.0 Å².